The van der Waals surface area contributed by atoms with E-state index in [1.54, 1.807) is 0 Å². The van der Waals surface area contributed by atoms with Crippen molar-refractivity contribution in [2.45, 2.75) is 0 Å². The van der Waals surface area contributed by atoms with Crippen molar-refractivity contribution in [1.29, 1.82) is 0 Å². The van der Waals surface area contributed by atoms with E-state index in [1.165, 1.54) is 31.3 Å². The van der Waals surface area contributed by atoms with Gasteiger partial charge in [-0.15, -0.1) is 11.3 Å². The molecule has 0 saturated heterocycles. The van der Waals surface area contributed by atoms with Gasteiger partial charge in [0.05, 0.1) is 22.4 Å². The lowest BCUT2D eigenvalue weighted by molar-refractivity contribution is 1.23. The first-order chi connectivity index (χ1) is 28.2. The average molecular weight is 745 g/mol. The average Bonchev–Trinajstić information content (AvgIpc) is 3.66. The molecule has 0 spiro atoms. The van der Waals surface area contributed by atoms with Crippen LogP contribution in [0.25, 0.3) is 110 Å². The number of benzene rings is 8. The minimum atomic E-state index is 0.725. The van der Waals surface area contributed by atoms with Crippen LogP contribution in [-0.2, 0) is 0 Å². The molecule has 5 heteroatoms. The Bertz CT molecular complexity index is 3270. The highest BCUT2D eigenvalue weighted by Crippen LogP contribution is 2.39. The number of para-hydroxylation sites is 2. The zero-order chi connectivity index (χ0) is 37.7. The van der Waals surface area contributed by atoms with Gasteiger partial charge in [0.2, 0.25) is 0 Å². The summed E-state index contributed by atoms with van der Waals surface area (Å²) in [5, 5.41) is 4.64. The standard InChI is InChI=1S/C52H32N4S/c1-3-11-35(12-4-1)49-42-15-7-9-17-45(42)53-51(55-49)37-23-19-33(20-24-37)39-28-30-47-44(31-39)41-29-27-40(32-48(41)57-47)34-21-25-38(26-22-34)52-54-46-18-10-8-16-43(46)50(56-52)36-13-5-2-6-14-36/h1-32H. The van der Waals surface area contributed by atoms with Gasteiger partial charge in [-0.25, -0.2) is 19.9 Å². The Morgan fingerprint density at radius 1 is 0.263 bits per heavy atom. The molecule has 266 valence electrons. The number of hydrogen-bond acceptors (Lipinski definition) is 5. The van der Waals surface area contributed by atoms with Crippen molar-refractivity contribution in [2.24, 2.45) is 0 Å². The fourth-order valence-corrected chi connectivity index (χ4v) is 8.93. The molecule has 3 aromatic heterocycles. The summed E-state index contributed by atoms with van der Waals surface area (Å²) in [7, 11) is 0. The smallest absolute Gasteiger partial charge is 0.160 e. The third-order valence-electron chi connectivity index (χ3n) is 10.7. The maximum Gasteiger partial charge on any atom is 0.160 e. The van der Waals surface area contributed by atoms with Crippen molar-refractivity contribution >= 4 is 53.3 Å². The largest absolute Gasteiger partial charge is 0.228 e. The lowest BCUT2D eigenvalue weighted by Crippen LogP contribution is -1.95. The molecule has 0 aliphatic heterocycles. The predicted octanol–water partition coefficient (Wildman–Crippen LogP) is 13.9. The maximum absolute atomic E-state index is 5.07. The summed E-state index contributed by atoms with van der Waals surface area (Å²) in [4.78, 5) is 20.0. The molecular weight excluding hydrogens is 713 g/mol. The van der Waals surface area contributed by atoms with Crippen LogP contribution in [-0.4, -0.2) is 19.9 Å². The molecule has 57 heavy (non-hydrogen) atoms. The van der Waals surface area contributed by atoms with Gasteiger partial charge >= 0.3 is 0 Å². The van der Waals surface area contributed by atoms with E-state index in [1.807, 2.05) is 47.7 Å². The lowest BCUT2D eigenvalue weighted by atomic mass is 9.99. The minimum Gasteiger partial charge on any atom is -0.228 e. The van der Waals surface area contributed by atoms with E-state index in [4.69, 9.17) is 19.9 Å². The molecule has 0 N–H and O–H groups in total. The van der Waals surface area contributed by atoms with Crippen LogP contribution in [0.15, 0.2) is 194 Å². The number of nitrogens with zero attached hydrogens (tertiary/aromatic N) is 4. The van der Waals surface area contributed by atoms with Gasteiger partial charge in [0.25, 0.3) is 0 Å². The summed E-state index contributed by atoms with van der Waals surface area (Å²) >= 11 is 1.84. The second kappa shape index (κ2) is 13.7. The Morgan fingerprint density at radius 3 is 1.25 bits per heavy atom. The van der Waals surface area contributed by atoms with Gasteiger partial charge in [-0.3, -0.25) is 0 Å². The van der Waals surface area contributed by atoms with E-state index < -0.39 is 0 Å². The molecule has 0 amide bonds. The van der Waals surface area contributed by atoms with E-state index in [0.29, 0.717) is 0 Å². The summed E-state index contributed by atoms with van der Waals surface area (Å²) in [6.07, 6.45) is 0. The highest BCUT2D eigenvalue weighted by atomic mass is 32.1. The number of aromatic nitrogens is 4. The normalized spacial score (nSPS) is 11.5. The number of thiophene rings is 1. The molecule has 0 aliphatic carbocycles. The summed E-state index contributed by atoms with van der Waals surface area (Å²) in [5.74, 6) is 1.45. The summed E-state index contributed by atoms with van der Waals surface area (Å²) < 4.78 is 2.55. The van der Waals surface area contributed by atoms with Crippen LogP contribution in [0, 0.1) is 0 Å². The van der Waals surface area contributed by atoms with Crippen molar-refractivity contribution < 1.29 is 0 Å². The molecule has 0 atom stereocenters. The van der Waals surface area contributed by atoms with Gasteiger partial charge in [0.15, 0.2) is 11.6 Å². The third kappa shape index (κ3) is 6.02. The molecule has 11 rings (SSSR count). The number of fused-ring (bicyclic) bond motifs is 5. The van der Waals surface area contributed by atoms with E-state index in [2.05, 4.69) is 158 Å². The van der Waals surface area contributed by atoms with Crippen LogP contribution in [0.2, 0.25) is 0 Å². The van der Waals surface area contributed by atoms with Crippen molar-refractivity contribution in [3.63, 3.8) is 0 Å². The molecule has 0 saturated carbocycles. The Labute approximate surface area is 333 Å². The fraction of sp³-hybridized carbons (Fsp3) is 0. The van der Waals surface area contributed by atoms with Gasteiger partial charge in [0.1, 0.15) is 0 Å². The highest BCUT2D eigenvalue weighted by molar-refractivity contribution is 7.25. The maximum atomic E-state index is 5.07. The monoisotopic (exact) mass is 744 g/mol. The summed E-state index contributed by atoms with van der Waals surface area (Å²) in [6, 6.07) is 68.0. The number of hydrogen-bond donors (Lipinski definition) is 0. The van der Waals surface area contributed by atoms with E-state index in [-0.39, 0.29) is 0 Å². The molecule has 11 aromatic rings. The van der Waals surface area contributed by atoms with Crippen molar-refractivity contribution in [2.75, 3.05) is 0 Å². The SMILES string of the molecule is c1ccc(-c2nc(-c3ccc(-c4ccc5c(c4)sc4ccc(-c6ccc(-c7nc(-c8ccccc8)c8ccccc8n7)cc6)cc45)cc3)nc3ccccc23)cc1. The van der Waals surface area contributed by atoms with Crippen molar-refractivity contribution in [3.05, 3.63) is 194 Å². The second-order valence-corrected chi connectivity index (χ2v) is 15.3. The third-order valence-corrected chi connectivity index (χ3v) is 11.9. The second-order valence-electron chi connectivity index (χ2n) is 14.2. The van der Waals surface area contributed by atoms with E-state index >= 15 is 0 Å². The van der Waals surface area contributed by atoms with E-state index in [0.717, 1.165) is 78.2 Å². The molecule has 8 aromatic carbocycles. The minimum absolute atomic E-state index is 0.725. The van der Waals surface area contributed by atoms with Gasteiger partial charge < -0.3 is 0 Å². The Balaban J connectivity index is 0.887. The molecule has 4 nitrogen and oxygen atoms in total. The van der Waals surface area contributed by atoms with Crippen LogP contribution < -0.4 is 0 Å². The lowest BCUT2D eigenvalue weighted by Gasteiger charge is -2.10. The summed E-state index contributed by atoms with van der Waals surface area (Å²) in [5.41, 5.74) is 12.6. The quantitative estimate of drug-likeness (QED) is 0.170. The van der Waals surface area contributed by atoms with Crippen molar-refractivity contribution in [1.82, 2.24) is 19.9 Å². The Hall–Kier alpha value is -7.34. The topological polar surface area (TPSA) is 51.6 Å². The molecular formula is C52H32N4S. The van der Waals surface area contributed by atoms with Crippen LogP contribution in [0.5, 0.6) is 0 Å². The molecule has 0 aliphatic rings. The zero-order valence-corrected chi connectivity index (χ0v) is 31.5. The van der Waals surface area contributed by atoms with Crippen LogP contribution >= 0.6 is 11.3 Å². The van der Waals surface area contributed by atoms with E-state index in [9.17, 15) is 0 Å². The van der Waals surface area contributed by atoms with Gasteiger partial charge in [-0.05, 0) is 52.6 Å². The first-order valence-corrected chi connectivity index (χ1v) is 19.9. The fourth-order valence-electron chi connectivity index (χ4n) is 7.80. The molecule has 0 fully saturated rings. The van der Waals surface area contributed by atoms with Crippen LogP contribution in [0.1, 0.15) is 0 Å². The van der Waals surface area contributed by atoms with Gasteiger partial charge in [-0.2, -0.15) is 0 Å². The first kappa shape index (κ1) is 33.0. The highest BCUT2D eigenvalue weighted by Gasteiger charge is 2.14. The zero-order valence-electron chi connectivity index (χ0n) is 30.7. The summed E-state index contributed by atoms with van der Waals surface area (Å²) in [6.45, 7) is 0. The van der Waals surface area contributed by atoms with Gasteiger partial charge in [-0.1, -0.05) is 164 Å². The van der Waals surface area contributed by atoms with Crippen molar-refractivity contribution in [3.8, 4) is 67.5 Å². The number of rotatable bonds is 6. The Morgan fingerprint density at radius 2 is 0.702 bits per heavy atom. The molecule has 0 unspecified atom stereocenters. The molecule has 0 bridgehead atoms. The van der Waals surface area contributed by atoms with Gasteiger partial charge in [0, 0.05) is 53.2 Å². The van der Waals surface area contributed by atoms with Crippen LogP contribution in [0.3, 0.4) is 0 Å². The molecule has 3 heterocycles. The first-order valence-electron chi connectivity index (χ1n) is 19.0. The predicted molar refractivity (Wildman–Crippen MR) is 238 cm³/mol. The Kier molecular flexibility index (Phi) is 7.97. The molecule has 0 radical (unpaired) electrons. The van der Waals surface area contributed by atoms with Crippen LogP contribution in [0.4, 0.5) is 0 Å².